The van der Waals surface area contributed by atoms with Crippen LogP contribution < -0.4 is 15.8 Å². The third-order valence-corrected chi connectivity index (χ3v) is 4.14. The Labute approximate surface area is 157 Å². The van der Waals surface area contributed by atoms with Gasteiger partial charge in [-0.15, -0.1) is 12.4 Å². The number of hydrogen-bond acceptors (Lipinski definition) is 4. The van der Waals surface area contributed by atoms with E-state index >= 15 is 0 Å². The Bertz CT molecular complexity index is 907. The molecule has 6 nitrogen and oxygen atoms in total. The van der Waals surface area contributed by atoms with Gasteiger partial charge in [0.1, 0.15) is 28.6 Å². The molecule has 0 atom stereocenters. The van der Waals surface area contributed by atoms with Gasteiger partial charge in [-0.3, -0.25) is 4.79 Å². The van der Waals surface area contributed by atoms with Crippen molar-refractivity contribution in [3.63, 3.8) is 0 Å². The Morgan fingerprint density at radius 3 is 2.46 bits per heavy atom. The van der Waals surface area contributed by atoms with Gasteiger partial charge in [0, 0.05) is 18.7 Å². The lowest BCUT2D eigenvalue weighted by Crippen LogP contribution is -2.21. The zero-order valence-electron chi connectivity index (χ0n) is 14.0. The summed E-state index contributed by atoms with van der Waals surface area (Å²) in [5.41, 5.74) is 7.47. The maximum atomic E-state index is 11.9. The normalized spacial score (nSPS) is 12.5. The Hall–Kier alpha value is -2.99. The van der Waals surface area contributed by atoms with E-state index in [1.54, 1.807) is 0 Å². The number of ether oxygens (including phenoxy) is 1. The summed E-state index contributed by atoms with van der Waals surface area (Å²) in [7, 11) is 0. The first kappa shape index (κ1) is 17.8. The number of carbonyl (C=O) groups is 1. The summed E-state index contributed by atoms with van der Waals surface area (Å²) < 4.78 is 7.61. The number of amides is 1. The molecule has 0 bridgehead atoms. The van der Waals surface area contributed by atoms with Gasteiger partial charge in [0.05, 0.1) is 0 Å². The molecular weight excluding hydrogens is 352 g/mol. The van der Waals surface area contributed by atoms with Crippen LogP contribution in [-0.4, -0.2) is 22.2 Å². The molecule has 0 spiro atoms. The predicted octanol–water partition coefficient (Wildman–Crippen LogP) is 3.68. The summed E-state index contributed by atoms with van der Waals surface area (Å²) in [6, 6.07) is 17.1. The average molecular weight is 371 g/mol. The molecule has 4 rings (SSSR count). The van der Waals surface area contributed by atoms with Crippen molar-refractivity contribution in [1.82, 2.24) is 9.78 Å². The lowest BCUT2D eigenvalue weighted by Gasteiger charge is -2.15. The second kappa shape index (κ2) is 7.49. The molecule has 3 aromatic rings. The summed E-state index contributed by atoms with van der Waals surface area (Å²) in [5.74, 6) is 1.72. The number of para-hydroxylation sites is 1. The highest BCUT2D eigenvalue weighted by molar-refractivity contribution is 6.03. The van der Waals surface area contributed by atoms with Crippen LogP contribution in [-0.2, 0) is 6.54 Å². The summed E-state index contributed by atoms with van der Waals surface area (Å²) in [6.45, 7) is 1.59. The van der Waals surface area contributed by atoms with Crippen LogP contribution in [0.1, 0.15) is 16.8 Å². The molecule has 1 aromatic heterocycles. The van der Waals surface area contributed by atoms with Crippen LogP contribution >= 0.6 is 12.4 Å². The van der Waals surface area contributed by atoms with Crippen LogP contribution in [0.4, 0.5) is 5.82 Å². The first-order valence-electron chi connectivity index (χ1n) is 8.20. The molecule has 0 unspecified atom stereocenters. The molecule has 0 saturated heterocycles. The Balaban J connectivity index is 0.00000196. The van der Waals surface area contributed by atoms with E-state index in [0.29, 0.717) is 17.1 Å². The number of halogens is 1. The van der Waals surface area contributed by atoms with Crippen LogP contribution in [0.2, 0.25) is 0 Å². The van der Waals surface area contributed by atoms with Crippen molar-refractivity contribution in [3.8, 4) is 22.8 Å². The van der Waals surface area contributed by atoms with E-state index < -0.39 is 5.91 Å². The zero-order valence-corrected chi connectivity index (χ0v) is 14.8. The molecule has 2 heterocycles. The number of aryl methyl sites for hydroxylation is 1. The maximum absolute atomic E-state index is 11.9. The predicted molar refractivity (Wildman–Crippen MR) is 103 cm³/mol. The largest absolute Gasteiger partial charge is 0.457 e. The van der Waals surface area contributed by atoms with Crippen molar-refractivity contribution in [2.45, 2.75) is 13.0 Å². The van der Waals surface area contributed by atoms with Gasteiger partial charge < -0.3 is 15.8 Å². The highest BCUT2D eigenvalue weighted by Crippen LogP contribution is 2.32. The number of nitrogens with one attached hydrogen (secondary N) is 1. The van der Waals surface area contributed by atoms with Crippen LogP contribution in [0.25, 0.3) is 11.3 Å². The molecule has 0 saturated carbocycles. The van der Waals surface area contributed by atoms with Gasteiger partial charge in [-0.2, -0.15) is 5.10 Å². The average Bonchev–Trinajstić information content (AvgIpc) is 3.03. The quantitative estimate of drug-likeness (QED) is 0.734. The first-order valence-corrected chi connectivity index (χ1v) is 8.20. The number of nitrogens with zero attached hydrogens (tertiary/aromatic N) is 2. The van der Waals surface area contributed by atoms with Crippen molar-refractivity contribution in [2.75, 3.05) is 11.9 Å². The topological polar surface area (TPSA) is 82.2 Å². The molecule has 3 N–H and O–H groups in total. The molecule has 0 fully saturated rings. The Kier molecular flexibility index (Phi) is 5.14. The standard InChI is InChI=1S/C19H18N4O2.ClH/c20-18(24)16-17(22-23-12-4-11-21-19(16)23)13-7-9-15(10-8-13)25-14-5-2-1-3-6-14;/h1-3,5-10,21H,4,11-12H2,(H2,20,24);1H. The summed E-state index contributed by atoms with van der Waals surface area (Å²) in [4.78, 5) is 11.9. The van der Waals surface area contributed by atoms with Gasteiger partial charge in [0.25, 0.3) is 5.91 Å². The minimum absolute atomic E-state index is 0. The van der Waals surface area contributed by atoms with Crippen LogP contribution in [0.3, 0.4) is 0 Å². The van der Waals surface area contributed by atoms with Gasteiger partial charge in [0.15, 0.2) is 0 Å². The molecule has 134 valence electrons. The van der Waals surface area contributed by atoms with Gasteiger partial charge in [-0.05, 0) is 42.8 Å². The second-order valence-electron chi connectivity index (χ2n) is 5.88. The molecule has 0 radical (unpaired) electrons. The number of hydrogen-bond donors (Lipinski definition) is 2. The summed E-state index contributed by atoms with van der Waals surface area (Å²) in [6.07, 6.45) is 0.968. The number of carbonyl (C=O) groups excluding carboxylic acids is 1. The van der Waals surface area contributed by atoms with E-state index in [1.807, 2.05) is 59.3 Å². The van der Waals surface area contributed by atoms with Gasteiger partial charge in [-0.25, -0.2) is 4.68 Å². The lowest BCUT2D eigenvalue weighted by molar-refractivity contribution is 0.100. The SMILES string of the molecule is Cl.NC(=O)c1c(-c2ccc(Oc3ccccc3)cc2)nn2c1NCCC2. The van der Waals surface area contributed by atoms with Gasteiger partial charge in [-0.1, -0.05) is 18.2 Å². The van der Waals surface area contributed by atoms with E-state index in [2.05, 4.69) is 10.4 Å². The number of fused-ring (bicyclic) bond motifs is 1. The molecule has 1 amide bonds. The molecule has 1 aliphatic rings. The van der Waals surface area contributed by atoms with Gasteiger partial charge in [0.2, 0.25) is 0 Å². The molecule has 0 aliphatic carbocycles. The van der Waals surface area contributed by atoms with E-state index in [1.165, 1.54) is 0 Å². The van der Waals surface area contributed by atoms with Crippen molar-refractivity contribution >= 4 is 24.1 Å². The third kappa shape index (κ3) is 3.36. The molecule has 1 aliphatic heterocycles. The van der Waals surface area contributed by atoms with Crippen molar-refractivity contribution in [3.05, 3.63) is 60.2 Å². The molecule has 26 heavy (non-hydrogen) atoms. The number of primary amides is 1. The van der Waals surface area contributed by atoms with Crippen LogP contribution in [0, 0.1) is 0 Å². The van der Waals surface area contributed by atoms with E-state index in [9.17, 15) is 4.79 Å². The smallest absolute Gasteiger partial charge is 0.254 e. The highest BCUT2D eigenvalue weighted by atomic mass is 35.5. The van der Waals surface area contributed by atoms with Crippen molar-refractivity contribution < 1.29 is 9.53 Å². The highest BCUT2D eigenvalue weighted by Gasteiger charge is 2.24. The lowest BCUT2D eigenvalue weighted by atomic mass is 10.1. The minimum atomic E-state index is -0.477. The number of anilines is 1. The fourth-order valence-corrected chi connectivity index (χ4v) is 2.98. The molecular formula is C19H19ClN4O2. The molecule has 7 heteroatoms. The number of nitrogens with two attached hydrogens (primary N) is 1. The van der Waals surface area contributed by atoms with E-state index in [0.717, 1.165) is 36.6 Å². The molecule has 2 aromatic carbocycles. The second-order valence-corrected chi connectivity index (χ2v) is 5.88. The summed E-state index contributed by atoms with van der Waals surface area (Å²) >= 11 is 0. The third-order valence-electron chi connectivity index (χ3n) is 4.14. The minimum Gasteiger partial charge on any atom is -0.457 e. The number of aromatic nitrogens is 2. The first-order chi connectivity index (χ1) is 12.2. The van der Waals surface area contributed by atoms with Crippen molar-refractivity contribution in [1.29, 1.82) is 0 Å². The van der Waals surface area contributed by atoms with Crippen molar-refractivity contribution in [2.24, 2.45) is 5.73 Å². The summed E-state index contributed by atoms with van der Waals surface area (Å²) in [5, 5.41) is 7.79. The fraction of sp³-hybridized carbons (Fsp3) is 0.158. The van der Waals surface area contributed by atoms with E-state index in [-0.39, 0.29) is 12.4 Å². The maximum Gasteiger partial charge on any atom is 0.254 e. The van der Waals surface area contributed by atoms with Crippen LogP contribution in [0.15, 0.2) is 54.6 Å². The Morgan fingerprint density at radius 1 is 1.08 bits per heavy atom. The fourth-order valence-electron chi connectivity index (χ4n) is 2.98. The van der Waals surface area contributed by atoms with Gasteiger partial charge >= 0.3 is 0 Å². The number of rotatable bonds is 4. The van der Waals surface area contributed by atoms with E-state index in [4.69, 9.17) is 10.5 Å². The number of benzene rings is 2. The zero-order chi connectivity index (χ0) is 17.2. The van der Waals surface area contributed by atoms with Crippen LogP contribution in [0.5, 0.6) is 11.5 Å². The Morgan fingerprint density at radius 2 is 1.77 bits per heavy atom. The monoisotopic (exact) mass is 370 g/mol.